The molecule has 0 bridgehead atoms. The summed E-state index contributed by atoms with van der Waals surface area (Å²) in [5.41, 5.74) is 6.72. The van der Waals surface area contributed by atoms with Crippen molar-refractivity contribution in [2.75, 3.05) is 42.9 Å². The number of hydrogen-bond donors (Lipinski definition) is 3. The zero-order valence-corrected chi connectivity index (χ0v) is 17.8. The molecule has 1 aliphatic heterocycles. The van der Waals surface area contributed by atoms with Crippen molar-refractivity contribution in [3.05, 3.63) is 58.7 Å². The molecule has 2 aromatic carbocycles. The zero-order chi connectivity index (χ0) is 21.0. The van der Waals surface area contributed by atoms with E-state index < -0.39 is 6.03 Å². The number of aryl methyl sites for hydroxylation is 2. The summed E-state index contributed by atoms with van der Waals surface area (Å²) in [7, 11) is 0. The van der Waals surface area contributed by atoms with Crippen LogP contribution in [0.3, 0.4) is 0 Å². The number of urea groups is 1. The van der Waals surface area contributed by atoms with Gasteiger partial charge in [-0.25, -0.2) is 4.79 Å². The first-order chi connectivity index (χ1) is 13.8. The van der Waals surface area contributed by atoms with Crippen molar-refractivity contribution in [2.45, 2.75) is 27.7 Å². The molecule has 3 amide bonds. The summed E-state index contributed by atoms with van der Waals surface area (Å²) in [6, 6.07) is 11.6. The highest BCUT2D eigenvalue weighted by Gasteiger charge is 2.24. The fourth-order valence-electron chi connectivity index (χ4n) is 3.76. The van der Waals surface area contributed by atoms with E-state index in [4.69, 9.17) is 0 Å². The molecule has 0 atom stereocenters. The number of nitrogens with one attached hydrogen (secondary N) is 3. The molecule has 1 fully saturated rings. The number of carbonyl (C=O) groups excluding carboxylic acids is 2. The molecule has 1 aliphatic rings. The summed E-state index contributed by atoms with van der Waals surface area (Å²) in [5, 5.41) is 5.23. The molecule has 0 aromatic heterocycles. The second kappa shape index (κ2) is 9.09. The van der Waals surface area contributed by atoms with E-state index in [1.54, 1.807) is 0 Å². The van der Waals surface area contributed by atoms with E-state index in [1.807, 2.05) is 32.0 Å². The molecule has 3 rings (SSSR count). The van der Waals surface area contributed by atoms with Gasteiger partial charge in [0.15, 0.2) is 6.54 Å². The van der Waals surface area contributed by atoms with Crippen molar-refractivity contribution in [3.8, 4) is 0 Å². The lowest BCUT2D eigenvalue weighted by Gasteiger charge is -2.34. The van der Waals surface area contributed by atoms with E-state index in [2.05, 4.69) is 47.6 Å². The third-order valence-corrected chi connectivity index (χ3v) is 5.90. The lowest BCUT2D eigenvalue weighted by atomic mass is 10.1. The Bertz CT molecular complexity index is 902. The summed E-state index contributed by atoms with van der Waals surface area (Å²) in [6.45, 7) is 12.1. The Morgan fingerprint density at radius 1 is 0.931 bits per heavy atom. The quantitative estimate of drug-likeness (QED) is 0.742. The maximum Gasteiger partial charge on any atom is 0.326 e. The van der Waals surface area contributed by atoms with Crippen molar-refractivity contribution in [1.29, 1.82) is 0 Å². The van der Waals surface area contributed by atoms with Crippen LogP contribution in [0.4, 0.5) is 16.2 Å². The summed E-state index contributed by atoms with van der Waals surface area (Å²) in [6.07, 6.45) is 0. The van der Waals surface area contributed by atoms with E-state index in [0.29, 0.717) is 6.54 Å². The molecular formula is C23H31N4O2+. The molecular weight excluding hydrogens is 364 g/mol. The number of imide groups is 1. The van der Waals surface area contributed by atoms with Crippen molar-refractivity contribution >= 4 is 23.3 Å². The number of hydrogen-bond acceptors (Lipinski definition) is 3. The molecule has 0 radical (unpaired) electrons. The topological polar surface area (TPSA) is 65.9 Å². The molecule has 0 saturated carbocycles. The minimum atomic E-state index is -0.475. The third kappa shape index (κ3) is 5.15. The lowest BCUT2D eigenvalue weighted by molar-refractivity contribution is -0.892. The molecule has 0 unspecified atom stereocenters. The second-order valence-corrected chi connectivity index (χ2v) is 7.88. The summed E-state index contributed by atoms with van der Waals surface area (Å²) < 4.78 is 0. The largest absolute Gasteiger partial charge is 0.360 e. The Balaban J connectivity index is 1.48. The van der Waals surface area contributed by atoms with Gasteiger partial charge in [-0.3, -0.25) is 10.1 Å². The number of rotatable bonds is 4. The summed E-state index contributed by atoms with van der Waals surface area (Å²) in [5.74, 6) is -0.247. The number of amides is 3. The van der Waals surface area contributed by atoms with Crippen LogP contribution in [0.1, 0.15) is 22.3 Å². The Morgan fingerprint density at radius 2 is 1.55 bits per heavy atom. The van der Waals surface area contributed by atoms with Crippen LogP contribution in [-0.2, 0) is 4.79 Å². The van der Waals surface area contributed by atoms with Crippen molar-refractivity contribution in [1.82, 2.24) is 5.32 Å². The van der Waals surface area contributed by atoms with Gasteiger partial charge >= 0.3 is 6.03 Å². The van der Waals surface area contributed by atoms with E-state index in [9.17, 15) is 9.59 Å². The van der Waals surface area contributed by atoms with Gasteiger partial charge in [0.05, 0.1) is 26.2 Å². The molecule has 0 spiro atoms. The van der Waals surface area contributed by atoms with Gasteiger partial charge in [0, 0.05) is 11.4 Å². The first kappa shape index (κ1) is 20.9. The van der Waals surface area contributed by atoms with E-state index in [-0.39, 0.29) is 5.91 Å². The monoisotopic (exact) mass is 395 g/mol. The van der Waals surface area contributed by atoms with Crippen LogP contribution in [0, 0.1) is 27.7 Å². The van der Waals surface area contributed by atoms with Gasteiger partial charge in [-0.1, -0.05) is 24.3 Å². The normalized spacial score (nSPS) is 14.6. The van der Waals surface area contributed by atoms with Gasteiger partial charge in [-0.15, -0.1) is 0 Å². The Kier molecular flexibility index (Phi) is 6.54. The van der Waals surface area contributed by atoms with E-state index in [0.717, 1.165) is 43.0 Å². The number of quaternary nitrogens is 1. The fraction of sp³-hybridized carbons (Fsp3) is 0.391. The van der Waals surface area contributed by atoms with E-state index >= 15 is 0 Å². The Hall–Kier alpha value is -2.86. The van der Waals surface area contributed by atoms with Gasteiger partial charge in [-0.2, -0.15) is 0 Å². The molecule has 154 valence electrons. The van der Waals surface area contributed by atoms with Crippen molar-refractivity contribution < 1.29 is 14.5 Å². The predicted octanol–water partition coefficient (Wildman–Crippen LogP) is 1.97. The second-order valence-electron chi connectivity index (χ2n) is 7.88. The maximum absolute atomic E-state index is 12.3. The Morgan fingerprint density at radius 3 is 2.24 bits per heavy atom. The third-order valence-electron chi connectivity index (χ3n) is 5.90. The number of piperazine rings is 1. The van der Waals surface area contributed by atoms with Crippen LogP contribution < -0.4 is 20.4 Å². The highest BCUT2D eigenvalue weighted by atomic mass is 16.2. The molecule has 2 aromatic rings. The standard InChI is InChI=1S/C23H30N4O2/c1-16-7-5-9-20(18(16)3)24-23(29)25-22(28)15-26-11-13-27(14-12-26)21-10-6-8-17(2)19(21)4/h5-10H,11-15H2,1-4H3,(H2,24,25,28,29)/p+1. The Labute approximate surface area is 172 Å². The number of carbonyl (C=O) groups is 2. The predicted molar refractivity (Wildman–Crippen MR) is 117 cm³/mol. The molecule has 0 aliphatic carbocycles. The van der Waals surface area contributed by atoms with Gasteiger partial charge in [0.25, 0.3) is 5.91 Å². The fourth-order valence-corrected chi connectivity index (χ4v) is 3.76. The SMILES string of the molecule is Cc1cccc(NC(=O)NC(=O)C[NH+]2CCN(c3cccc(C)c3C)CC2)c1C. The highest BCUT2D eigenvalue weighted by molar-refractivity contribution is 6.01. The average molecular weight is 396 g/mol. The molecule has 6 heteroatoms. The summed E-state index contributed by atoms with van der Waals surface area (Å²) >= 11 is 0. The molecule has 29 heavy (non-hydrogen) atoms. The van der Waals surface area contributed by atoms with Gasteiger partial charge in [-0.05, 0) is 62.1 Å². The molecule has 3 N–H and O–H groups in total. The minimum Gasteiger partial charge on any atom is -0.360 e. The number of benzene rings is 2. The van der Waals surface area contributed by atoms with Crippen LogP contribution in [0.25, 0.3) is 0 Å². The van der Waals surface area contributed by atoms with Crippen LogP contribution >= 0.6 is 0 Å². The van der Waals surface area contributed by atoms with Crippen LogP contribution in [0.15, 0.2) is 36.4 Å². The first-order valence-corrected chi connectivity index (χ1v) is 10.2. The number of nitrogens with zero attached hydrogens (tertiary/aromatic N) is 1. The van der Waals surface area contributed by atoms with Crippen LogP contribution in [0.5, 0.6) is 0 Å². The zero-order valence-electron chi connectivity index (χ0n) is 17.8. The summed E-state index contributed by atoms with van der Waals surface area (Å²) in [4.78, 5) is 28.1. The highest BCUT2D eigenvalue weighted by Crippen LogP contribution is 2.22. The maximum atomic E-state index is 12.3. The van der Waals surface area contributed by atoms with Crippen molar-refractivity contribution in [2.24, 2.45) is 0 Å². The number of anilines is 2. The van der Waals surface area contributed by atoms with Gasteiger partial charge < -0.3 is 15.1 Å². The average Bonchev–Trinajstić information content (AvgIpc) is 2.68. The van der Waals surface area contributed by atoms with Gasteiger partial charge in [0.1, 0.15) is 0 Å². The molecule has 6 nitrogen and oxygen atoms in total. The minimum absolute atomic E-state index is 0.247. The van der Waals surface area contributed by atoms with Crippen LogP contribution in [0.2, 0.25) is 0 Å². The molecule has 1 heterocycles. The van der Waals surface area contributed by atoms with Crippen molar-refractivity contribution in [3.63, 3.8) is 0 Å². The van der Waals surface area contributed by atoms with E-state index in [1.165, 1.54) is 21.7 Å². The van der Waals surface area contributed by atoms with Gasteiger partial charge in [0.2, 0.25) is 0 Å². The smallest absolute Gasteiger partial charge is 0.326 e. The lowest BCUT2D eigenvalue weighted by Crippen LogP contribution is -3.16. The molecule has 1 saturated heterocycles. The van der Waals surface area contributed by atoms with Crippen LogP contribution in [-0.4, -0.2) is 44.7 Å². The first-order valence-electron chi connectivity index (χ1n) is 10.2.